The van der Waals surface area contributed by atoms with E-state index in [4.69, 9.17) is 12.6 Å². The number of aromatic nitrogens is 1. The van der Waals surface area contributed by atoms with Gasteiger partial charge in [0, 0.05) is 36.5 Å². The van der Waals surface area contributed by atoms with Crippen LogP contribution in [-0.4, -0.2) is 38.3 Å². The minimum Gasteiger partial charge on any atom is -0.472 e. The first-order valence-corrected chi connectivity index (χ1v) is 7.66. The van der Waals surface area contributed by atoms with E-state index in [1.165, 1.54) is 6.07 Å². The molecular formula is C17H14BF3N2O2. The van der Waals surface area contributed by atoms with E-state index < -0.39 is 11.7 Å². The van der Waals surface area contributed by atoms with Gasteiger partial charge in [0.1, 0.15) is 14.0 Å². The van der Waals surface area contributed by atoms with Crippen LogP contribution in [0.3, 0.4) is 0 Å². The summed E-state index contributed by atoms with van der Waals surface area (Å²) in [7, 11) is 5.78. The second kappa shape index (κ2) is 6.78. The Bertz CT molecular complexity index is 765. The number of ether oxygens (including phenoxy) is 1. The molecule has 1 aliphatic heterocycles. The van der Waals surface area contributed by atoms with Gasteiger partial charge in [-0.1, -0.05) is 17.6 Å². The van der Waals surface area contributed by atoms with Gasteiger partial charge in [-0.05, 0) is 12.1 Å². The highest BCUT2D eigenvalue weighted by molar-refractivity contribution is 6.32. The molecule has 0 spiro atoms. The van der Waals surface area contributed by atoms with Crippen LogP contribution < -0.4 is 15.1 Å². The Morgan fingerprint density at radius 3 is 2.72 bits per heavy atom. The number of rotatable bonds is 4. The molecule has 8 heteroatoms. The van der Waals surface area contributed by atoms with Gasteiger partial charge in [0.2, 0.25) is 5.88 Å². The lowest BCUT2D eigenvalue weighted by Gasteiger charge is -2.21. The van der Waals surface area contributed by atoms with E-state index in [0.29, 0.717) is 30.5 Å². The van der Waals surface area contributed by atoms with Gasteiger partial charge in [0.25, 0.3) is 0 Å². The van der Waals surface area contributed by atoms with Crippen molar-refractivity contribution in [2.45, 2.75) is 18.7 Å². The van der Waals surface area contributed by atoms with Crippen LogP contribution in [0.1, 0.15) is 22.3 Å². The van der Waals surface area contributed by atoms with Crippen molar-refractivity contribution in [2.75, 3.05) is 18.0 Å². The molecule has 4 nitrogen and oxygen atoms in total. The fourth-order valence-electron chi connectivity index (χ4n) is 2.77. The minimum atomic E-state index is -4.42. The first-order chi connectivity index (χ1) is 11.9. The van der Waals surface area contributed by atoms with Crippen LogP contribution in [0.25, 0.3) is 0 Å². The molecule has 2 radical (unpaired) electrons. The minimum absolute atomic E-state index is 0.142. The quantitative estimate of drug-likeness (QED) is 0.630. The number of aldehydes is 1. The summed E-state index contributed by atoms with van der Waals surface area (Å²) in [5.74, 6) is 0.142. The average Bonchev–Trinajstić information content (AvgIpc) is 3.03. The molecule has 0 saturated carbocycles. The fourth-order valence-corrected chi connectivity index (χ4v) is 2.77. The molecule has 0 aliphatic carbocycles. The number of anilines is 1. The van der Waals surface area contributed by atoms with Crippen molar-refractivity contribution in [1.82, 2.24) is 4.98 Å². The van der Waals surface area contributed by atoms with Crippen LogP contribution in [0.15, 0.2) is 36.5 Å². The van der Waals surface area contributed by atoms with Gasteiger partial charge in [-0.2, -0.15) is 13.2 Å². The Hall–Kier alpha value is -2.51. The topological polar surface area (TPSA) is 42.4 Å². The maximum Gasteiger partial charge on any atom is 0.417 e. The van der Waals surface area contributed by atoms with E-state index >= 15 is 0 Å². The van der Waals surface area contributed by atoms with Crippen LogP contribution in [0, 0.1) is 0 Å². The third-order valence-electron chi connectivity index (χ3n) is 4.02. The second-order valence-corrected chi connectivity index (χ2v) is 5.79. The number of nitrogens with zero attached hydrogens (tertiary/aromatic N) is 2. The smallest absolute Gasteiger partial charge is 0.417 e. The molecule has 1 atom stereocenters. The molecule has 2 aromatic rings. The summed E-state index contributed by atoms with van der Waals surface area (Å²) in [4.78, 5) is 16.9. The van der Waals surface area contributed by atoms with E-state index in [1.54, 1.807) is 18.2 Å². The number of carbonyl (C=O) groups excluding carboxylic acids is 1. The lowest BCUT2D eigenvalue weighted by Crippen LogP contribution is -2.26. The van der Waals surface area contributed by atoms with Gasteiger partial charge in [0.05, 0.1) is 12.1 Å². The predicted octanol–water partition coefficient (Wildman–Crippen LogP) is 2.36. The second-order valence-electron chi connectivity index (χ2n) is 5.79. The Morgan fingerprint density at radius 1 is 1.28 bits per heavy atom. The van der Waals surface area contributed by atoms with Crippen LogP contribution in [-0.2, 0) is 6.18 Å². The number of carbonyl (C=O) groups is 1. The monoisotopic (exact) mass is 346 g/mol. The van der Waals surface area contributed by atoms with Crippen LogP contribution >= 0.6 is 0 Å². The Labute approximate surface area is 144 Å². The SMILES string of the molecule is [B]c1ccc(C=O)c(N2CCC(Oc3ccc(C(F)(F)F)cn3)C2)c1. The number of halogens is 3. The predicted molar refractivity (Wildman–Crippen MR) is 87.7 cm³/mol. The molecule has 1 saturated heterocycles. The summed E-state index contributed by atoms with van der Waals surface area (Å²) in [6.07, 6.45) is -2.47. The highest BCUT2D eigenvalue weighted by Crippen LogP contribution is 2.30. The fraction of sp³-hybridized carbons (Fsp3) is 0.294. The van der Waals surface area contributed by atoms with E-state index in [9.17, 15) is 18.0 Å². The summed E-state index contributed by atoms with van der Waals surface area (Å²) < 4.78 is 43.3. The van der Waals surface area contributed by atoms with Gasteiger partial charge >= 0.3 is 6.18 Å². The van der Waals surface area contributed by atoms with Crippen molar-refractivity contribution < 1.29 is 22.7 Å². The molecule has 0 bridgehead atoms. The maximum atomic E-state index is 12.5. The van der Waals surface area contributed by atoms with Crippen LogP contribution in [0.4, 0.5) is 18.9 Å². The number of hydrogen-bond donors (Lipinski definition) is 0. The Kier molecular flexibility index (Phi) is 4.70. The molecule has 1 aromatic carbocycles. The van der Waals surface area contributed by atoms with Gasteiger partial charge < -0.3 is 9.64 Å². The molecule has 1 fully saturated rings. The Morgan fingerprint density at radius 2 is 2.08 bits per heavy atom. The molecule has 3 rings (SSSR count). The normalized spacial score (nSPS) is 17.6. The molecule has 0 amide bonds. The van der Waals surface area contributed by atoms with Gasteiger partial charge in [-0.15, -0.1) is 0 Å². The molecule has 25 heavy (non-hydrogen) atoms. The number of hydrogen-bond acceptors (Lipinski definition) is 4. The lowest BCUT2D eigenvalue weighted by molar-refractivity contribution is -0.137. The summed E-state index contributed by atoms with van der Waals surface area (Å²) in [5.41, 5.74) is 0.988. The number of benzene rings is 1. The van der Waals surface area contributed by atoms with Crippen LogP contribution in [0.5, 0.6) is 5.88 Å². The summed E-state index contributed by atoms with van der Waals surface area (Å²) in [5, 5.41) is 0. The van der Waals surface area contributed by atoms with Gasteiger partial charge in [0.15, 0.2) is 6.29 Å². The molecule has 1 aliphatic rings. The van der Waals surface area contributed by atoms with Gasteiger partial charge in [-0.3, -0.25) is 4.79 Å². The van der Waals surface area contributed by atoms with Crippen molar-refractivity contribution in [3.8, 4) is 5.88 Å². The molecule has 128 valence electrons. The van der Waals surface area contributed by atoms with Crippen molar-refractivity contribution in [2.24, 2.45) is 0 Å². The first kappa shape index (κ1) is 17.3. The standard InChI is InChI=1S/C17H14BF3N2O2/c18-13-3-1-11(10-24)15(7-13)23-6-5-14(9-23)25-16-4-2-12(8-22-16)17(19,20)21/h1-4,7-8,10,14H,5-6,9H2. The number of pyridine rings is 1. The zero-order chi connectivity index (χ0) is 18.0. The third-order valence-corrected chi connectivity index (χ3v) is 4.02. The zero-order valence-corrected chi connectivity index (χ0v) is 13.2. The lowest BCUT2D eigenvalue weighted by atomic mass is 9.94. The molecule has 2 heterocycles. The van der Waals surface area contributed by atoms with Crippen molar-refractivity contribution in [1.29, 1.82) is 0 Å². The average molecular weight is 346 g/mol. The highest BCUT2D eigenvalue weighted by Gasteiger charge is 2.31. The maximum absolute atomic E-state index is 12.5. The summed E-state index contributed by atoms with van der Waals surface area (Å²) in [6.45, 7) is 1.14. The molecular weight excluding hydrogens is 332 g/mol. The van der Waals surface area contributed by atoms with Crippen molar-refractivity contribution in [3.63, 3.8) is 0 Å². The van der Waals surface area contributed by atoms with Crippen LogP contribution in [0.2, 0.25) is 0 Å². The van der Waals surface area contributed by atoms with E-state index in [2.05, 4.69) is 4.98 Å². The summed E-state index contributed by atoms with van der Waals surface area (Å²) >= 11 is 0. The third kappa shape index (κ3) is 3.95. The Balaban J connectivity index is 1.67. The largest absolute Gasteiger partial charge is 0.472 e. The van der Waals surface area contributed by atoms with Crippen molar-refractivity contribution in [3.05, 3.63) is 47.7 Å². The zero-order valence-electron chi connectivity index (χ0n) is 13.2. The summed E-state index contributed by atoms with van der Waals surface area (Å²) in [6, 6.07) is 7.19. The molecule has 1 aromatic heterocycles. The number of alkyl halides is 3. The van der Waals surface area contributed by atoms with Gasteiger partial charge in [-0.25, -0.2) is 4.98 Å². The molecule has 1 unspecified atom stereocenters. The van der Waals surface area contributed by atoms with E-state index in [1.807, 2.05) is 4.90 Å². The van der Waals surface area contributed by atoms with E-state index in [-0.39, 0.29) is 12.0 Å². The molecule has 0 N–H and O–H groups in total. The first-order valence-electron chi connectivity index (χ1n) is 7.66. The highest BCUT2D eigenvalue weighted by atomic mass is 19.4. The van der Waals surface area contributed by atoms with E-state index in [0.717, 1.165) is 24.2 Å². The van der Waals surface area contributed by atoms with Crippen molar-refractivity contribution >= 4 is 25.3 Å².